The largest absolute Gasteiger partial charge is 0.507 e. The van der Waals surface area contributed by atoms with Gasteiger partial charge in [-0.25, -0.2) is 13.6 Å². The third-order valence-corrected chi connectivity index (χ3v) is 13.5. The van der Waals surface area contributed by atoms with Crippen LogP contribution in [0.4, 0.5) is 25.0 Å². The van der Waals surface area contributed by atoms with E-state index in [0.717, 1.165) is 81.7 Å². The standard InChI is InChI=1S/C24H32FN3O4.C23H33FN4O2.C4H10ClN.ClH/c1-13-21-17(19(29)11-20(30)28(21)16-6-7-16)10-18(25)22(13)27-9-8-15(12-27)14(2)26-23(31)32-24(3,4)5;1-14-22-18(11-19(24)23(14)27-8-7-16(13-27)15(2)25)20(30-10-9-26(3)4)12-21(29)28(22)17-5-6-17;1-6(2)4-3-5;/h10-11,14-16,29H,6-9,12H2,1-5H3,(H,26,31);11-12,15-17H,5-10,13,25H2,1-4H3;3-4H2,1-2H3;1H/t14-,15+;15-,16+;;/m00../s1. The number of ether oxygens (including phenoxy) is 2. The van der Waals surface area contributed by atoms with E-state index in [4.69, 9.17) is 26.8 Å². The number of aromatic nitrogens is 2. The lowest BCUT2D eigenvalue weighted by molar-refractivity contribution is 0.0494. The Morgan fingerprint density at radius 2 is 1.29 bits per heavy atom. The highest BCUT2D eigenvalue weighted by Crippen LogP contribution is 2.44. The predicted molar refractivity (Wildman–Crippen MR) is 278 cm³/mol. The van der Waals surface area contributed by atoms with Crippen molar-refractivity contribution in [3.63, 3.8) is 0 Å². The SMILES string of the molecule is CN(C)CCCl.Cc1c(N2CC[C@@H]([C@H](C)N)C2)c(F)cc2c(OCCN(C)C)cc(=O)n(C3CC3)c12.Cc1c(N2CC[C@@H]([C@H](C)NC(=O)OC(C)(C)C)C2)c(F)cc2c(O)cc(=O)n(C3CC3)c12.Cl. The van der Waals surface area contributed by atoms with Gasteiger partial charge in [-0.1, -0.05) is 0 Å². The van der Waals surface area contributed by atoms with Crippen LogP contribution in [0.2, 0.25) is 0 Å². The molecule has 2 aliphatic heterocycles. The average molecular weight is 1010 g/mol. The molecule has 14 nitrogen and oxygen atoms in total. The van der Waals surface area contributed by atoms with Gasteiger partial charge in [0.25, 0.3) is 11.1 Å². The predicted octanol–water partition coefficient (Wildman–Crippen LogP) is 8.34. The van der Waals surface area contributed by atoms with Crippen LogP contribution >= 0.6 is 24.0 Å². The monoisotopic (exact) mass is 1000 g/mol. The van der Waals surface area contributed by atoms with Crippen molar-refractivity contribution < 1.29 is 28.2 Å². The maximum atomic E-state index is 15.4. The van der Waals surface area contributed by atoms with Crippen LogP contribution in [0, 0.1) is 37.3 Å². The van der Waals surface area contributed by atoms with E-state index in [1.165, 1.54) is 18.2 Å². The van der Waals surface area contributed by atoms with Crippen molar-refractivity contribution >= 4 is 63.3 Å². The molecule has 0 unspecified atom stereocenters. The second kappa shape index (κ2) is 23.3. The van der Waals surface area contributed by atoms with Crippen molar-refractivity contribution in [2.45, 2.75) is 117 Å². The van der Waals surface area contributed by atoms with Crippen molar-refractivity contribution in [1.29, 1.82) is 0 Å². The van der Waals surface area contributed by atoms with E-state index in [2.05, 4.69) is 10.2 Å². The molecule has 2 aromatic heterocycles. The van der Waals surface area contributed by atoms with Crippen molar-refractivity contribution in [3.8, 4) is 11.5 Å². The van der Waals surface area contributed by atoms with E-state index in [0.29, 0.717) is 64.6 Å². The summed E-state index contributed by atoms with van der Waals surface area (Å²) in [6.45, 7) is 18.0. The third-order valence-electron chi connectivity index (χ3n) is 13.4. The molecule has 0 bridgehead atoms. The molecule has 0 radical (unpaired) electrons. The first kappa shape index (κ1) is 55.6. The number of carbonyl (C=O) groups excluding carboxylic acids is 1. The van der Waals surface area contributed by atoms with E-state index in [9.17, 15) is 19.5 Å². The number of amides is 1. The summed E-state index contributed by atoms with van der Waals surface area (Å²) in [5.41, 5.74) is 9.16. The van der Waals surface area contributed by atoms with Gasteiger partial charge in [-0.2, -0.15) is 0 Å². The number of fused-ring (bicyclic) bond motifs is 2. The number of hydrogen-bond acceptors (Lipinski definition) is 11. The number of benzene rings is 2. The van der Waals surface area contributed by atoms with Crippen LogP contribution < -0.4 is 36.7 Å². The van der Waals surface area contributed by atoms with Crippen LogP contribution in [0.15, 0.2) is 33.9 Å². The van der Waals surface area contributed by atoms with Crippen LogP contribution in [0.25, 0.3) is 21.8 Å². The molecule has 18 heteroatoms. The summed E-state index contributed by atoms with van der Waals surface area (Å²) < 4.78 is 45.5. The fourth-order valence-corrected chi connectivity index (χ4v) is 9.82. The number of likely N-dealkylation sites (N-methyl/N-ethyl adjacent to an activating group) is 1. The number of aryl methyl sites for hydroxylation is 2. The maximum absolute atomic E-state index is 15.4. The van der Waals surface area contributed by atoms with Crippen molar-refractivity contribution in [2.75, 3.05) is 89.7 Å². The van der Waals surface area contributed by atoms with Crippen LogP contribution in [-0.4, -0.2) is 128 Å². The summed E-state index contributed by atoms with van der Waals surface area (Å²) in [5.74, 6) is 0.815. The summed E-state index contributed by atoms with van der Waals surface area (Å²) in [6.07, 6.45) is 5.08. The number of carbonyl (C=O) groups is 1. The van der Waals surface area contributed by atoms with Gasteiger partial charge in [0, 0.05) is 92.2 Å². The minimum Gasteiger partial charge on any atom is -0.507 e. The van der Waals surface area contributed by atoms with Gasteiger partial charge < -0.3 is 54.4 Å². The number of nitrogens with one attached hydrogen (secondary N) is 1. The molecule has 2 aliphatic carbocycles. The van der Waals surface area contributed by atoms with Crippen LogP contribution in [0.5, 0.6) is 11.5 Å². The molecule has 2 aromatic carbocycles. The number of alkyl carbamates (subject to hydrolysis) is 1. The molecule has 8 rings (SSSR count). The Hall–Kier alpha value is -4.35. The molecule has 1 amide bonds. The minimum atomic E-state index is -0.570. The molecule has 384 valence electrons. The summed E-state index contributed by atoms with van der Waals surface area (Å²) in [7, 11) is 7.94. The lowest BCUT2D eigenvalue weighted by Crippen LogP contribution is -2.42. The fourth-order valence-electron chi connectivity index (χ4n) is 9.48. The average Bonchev–Trinajstić information content (AvgIpc) is 4.15. The van der Waals surface area contributed by atoms with Crippen molar-refractivity contribution in [1.82, 2.24) is 24.3 Å². The molecule has 2 saturated heterocycles. The van der Waals surface area contributed by atoms with E-state index in [1.54, 1.807) is 10.6 Å². The highest BCUT2D eigenvalue weighted by atomic mass is 35.5. The minimum absolute atomic E-state index is 0. The molecule has 4 fully saturated rings. The number of rotatable bonds is 13. The summed E-state index contributed by atoms with van der Waals surface area (Å²) in [5, 5.41) is 14.3. The molecule has 4 aliphatic rings. The Morgan fingerprint density at radius 3 is 1.74 bits per heavy atom. The van der Waals surface area contributed by atoms with Crippen LogP contribution in [0.1, 0.15) is 96.4 Å². The fraction of sp³-hybridized carbons (Fsp3) is 0.627. The number of nitrogens with two attached hydrogens (primary N) is 1. The molecular weight excluding hydrogens is 930 g/mol. The van der Waals surface area contributed by atoms with Crippen molar-refractivity contribution in [3.05, 3.63) is 67.7 Å². The molecule has 4 aromatic rings. The topological polar surface area (TPSA) is 151 Å². The van der Waals surface area contributed by atoms with Gasteiger partial charge in [-0.05, 0) is 150 Å². The number of halogens is 4. The number of pyridine rings is 2. The van der Waals surface area contributed by atoms with Crippen molar-refractivity contribution in [2.24, 2.45) is 17.6 Å². The molecule has 0 spiro atoms. The maximum Gasteiger partial charge on any atom is 0.407 e. The number of hydrogen-bond donors (Lipinski definition) is 3. The van der Waals surface area contributed by atoms with Gasteiger partial charge in [0.2, 0.25) is 0 Å². The normalized spacial score (nSPS) is 19.0. The second-order valence-electron chi connectivity index (χ2n) is 20.8. The molecular formula is C51H76Cl2F2N8O6. The summed E-state index contributed by atoms with van der Waals surface area (Å²) in [6, 6.07) is 5.84. The molecule has 4 heterocycles. The zero-order valence-corrected chi connectivity index (χ0v) is 44.0. The Balaban J connectivity index is 0.000000228. The summed E-state index contributed by atoms with van der Waals surface area (Å²) in [4.78, 5) is 45.9. The second-order valence-corrected chi connectivity index (χ2v) is 21.2. The Labute approximate surface area is 417 Å². The zero-order chi connectivity index (χ0) is 49.9. The smallest absolute Gasteiger partial charge is 0.407 e. The Morgan fingerprint density at radius 1 is 0.812 bits per heavy atom. The van der Waals surface area contributed by atoms with E-state index in [1.807, 2.05) is 95.9 Å². The number of nitrogens with zero attached hydrogens (tertiary/aromatic N) is 6. The molecule has 4 N–H and O–H groups in total. The first-order valence-corrected chi connectivity index (χ1v) is 24.7. The van der Waals surface area contributed by atoms with Gasteiger partial charge in [0.15, 0.2) is 0 Å². The highest BCUT2D eigenvalue weighted by molar-refractivity contribution is 6.18. The Bertz CT molecular complexity index is 2560. The quantitative estimate of drug-likeness (QED) is 0.111. The molecule has 2 saturated carbocycles. The van der Waals surface area contributed by atoms with Gasteiger partial charge >= 0.3 is 6.09 Å². The van der Waals surface area contributed by atoms with Gasteiger partial charge in [-0.15, -0.1) is 24.0 Å². The first-order valence-electron chi connectivity index (χ1n) is 24.2. The molecule has 4 atom stereocenters. The lowest BCUT2D eigenvalue weighted by Gasteiger charge is -2.26. The van der Waals surface area contributed by atoms with Crippen LogP contribution in [-0.2, 0) is 4.74 Å². The van der Waals surface area contributed by atoms with E-state index in [-0.39, 0.29) is 65.2 Å². The number of anilines is 2. The van der Waals surface area contributed by atoms with Gasteiger partial charge in [0.1, 0.15) is 35.3 Å². The third kappa shape index (κ3) is 13.5. The highest BCUT2D eigenvalue weighted by Gasteiger charge is 2.35. The molecule has 69 heavy (non-hydrogen) atoms. The zero-order valence-electron chi connectivity index (χ0n) is 42.5. The van der Waals surface area contributed by atoms with Crippen LogP contribution in [0.3, 0.4) is 0 Å². The van der Waals surface area contributed by atoms with E-state index >= 15 is 8.78 Å². The van der Waals surface area contributed by atoms with E-state index < -0.39 is 17.5 Å². The summed E-state index contributed by atoms with van der Waals surface area (Å²) >= 11 is 5.35. The number of alkyl halides is 1. The lowest BCUT2D eigenvalue weighted by atomic mass is 10.0. The van der Waals surface area contributed by atoms with Gasteiger partial charge in [-0.3, -0.25) is 9.59 Å². The first-order chi connectivity index (χ1) is 32.0. The van der Waals surface area contributed by atoms with Gasteiger partial charge in [0.05, 0.1) is 22.4 Å². The number of aromatic hydroxyl groups is 1. The Kier molecular flexibility index (Phi) is 18.7.